The summed E-state index contributed by atoms with van der Waals surface area (Å²) in [5.41, 5.74) is -0.208. The lowest BCUT2D eigenvalue weighted by Gasteiger charge is -2.31. The lowest BCUT2D eigenvalue weighted by molar-refractivity contribution is -0.137. The molecule has 10 heteroatoms. The Balaban J connectivity index is 0.00000196. The molecule has 1 fully saturated rings. The first-order valence-electron chi connectivity index (χ1n) is 8.15. The van der Waals surface area contributed by atoms with Gasteiger partial charge in [-0.15, -0.1) is 24.8 Å². The molecule has 1 aromatic heterocycles. The average molecular weight is 438 g/mol. The van der Waals surface area contributed by atoms with E-state index < -0.39 is 11.7 Å². The lowest BCUT2D eigenvalue weighted by atomic mass is 9.88. The summed E-state index contributed by atoms with van der Waals surface area (Å²) in [5, 5.41) is 5.93. The molecule has 3 rings (SSSR count). The number of hydrogen-bond donors (Lipinski definition) is 2. The molecular formula is C18H20Cl2F3N3O2. The Morgan fingerprint density at radius 1 is 1.18 bits per heavy atom. The number of ether oxygens (including phenoxy) is 1. The Morgan fingerprint density at radius 2 is 1.82 bits per heavy atom. The number of pyridine rings is 1. The number of nitrogens with zero attached hydrogens (tertiary/aromatic N) is 1. The predicted molar refractivity (Wildman–Crippen MR) is 104 cm³/mol. The summed E-state index contributed by atoms with van der Waals surface area (Å²) in [7, 11) is 0. The molecular weight excluding hydrogens is 418 g/mol. The van der Waals surface area contributed by atoms with Gasteiger partial charge in [0, 0.05) is 12.0 Å². The molecule has 0 bridgehead atoms. The van der Waals surface area contributed by atoms with Gasteiger partial charge in [0.15, 0.2) is 0 Å². The fourth-order valence-electron chi connectivity index (χ4n) is 2.48. The quantitative estimate of drug-likeness (QED) is 0.720. The molecule has 2 heterocycles. The second kappa shape index (κ2) is 9.95. The predicted octanol–water partition coefficient (Wildman–Crippen LogP) is 4.53. The van der Waals surface area contributed by atoms with Crippen LogP contribution >= 0.6 is 24.8 Å². The van der Waals surface area contributed by atoms with Crippen LogP contribution in [0.15, 0.2) is 42.6 Å². The van der Waals surface area contributed by atoms with Gasteiger partial charge in [0.1, 0.15) is 5.75 Å². The van der Waals surface area contributed by atoms with Crippen molar-refractivity contribution in [1.29, 1.82) is 0 Å². The van der Waals surface area contributed by atoms with Crippen molar-refractivity contribution in [2.45, 2.75) is 13.1 Å². The number of aromatic nitrogens is 1. The SMILES string of the molecule is CC(C(=O)Nc1ccc(Oc2ccc(C(F)(F)F)cc2)nc1)C1CNC1.Cl.Cl. The first-order chi connectivity index (χ1) is 12.3. The van der Waals surface area contributed by atoms with Crippen LogP contribution < -0.4 is 15.4 Å². The van der Waals surface area contributed by atoms with Gasteiger partial charge in [0.25, 0.3) is 0 Å². The summed E-state index contributed by atoms with van der Waals surface area (Å²) in [6.07, 6.45) is -2.94. The zero-order valence-corrected chi connectivity index (χ0v) is 16.5. The number of rotatable bonds is 5. The van der Waals surface area contributed by atoms with Crippen LogP contribution in [0.25, 0.3) is 0 Å². The van der Waals surface area contributed by atoms with E-state index in [1.807, 2.05) is 6.92 Å². The van der Waals surface area contributed by atoms with Crippen LogP contribution in [0.1, 0.15) is 12.5 Å². The average Bonchev–Trinajstić information content (AvgIpc) is 2.54. The Hall–Kier alpha value is -2.03. The fourth-order valence-corrected chi connectivity index (χ4v) is 2.48. The highest BCUT2D eigenvalue weighted by Crippen LogP contribution is 2.31. The highest BCUT2D eigenvalue weighted by molar-refractivity contribution is 5.92. The molecule has 5 nitrogen and oxygen atoms in total. The third-order valence-electron chi connectivity index (χ3n) is 4.34. The number of nitrogens with one attached hydrogen (secondary N) is 2. The molecule has 1 aliphatic heterocycles. The topological polar surface area (TPSA) is 63.2 Å². The minimum absolute atomic E-state index is 0. The molecule has 0 saturated carbocycles. The van der Waals surface area contributed by atoms with Crippen LogP contribution in [0.4, 0.5) is 18.9 Å². The van der Waals surface area contributed by atoms with Gasteiger partial charge in [-0.25, -0.2) is 4.98 Å². The van der Waals surface area contributed by atoms with Crippen LogP contribution in [-0.4, -0.2) is 24.0 Å². The molecule has 0 spiro atoms. The zero-order valence-electron chi connectivity index (χ0n) is 14.8. The van der Waals surface area contributed by atoms with E-state index in [4.69, 9.17) is 4.74 Å². The van der Waals surface area contributed by atoms with E-state index in [0.29, 0.717) is 11.6 Å². The highest BCUT2D eigenvalue weighted by atomic mass is 35.5. The largest absolute Gasteiger partial charge is 0.439 e. The zero-order chi connectivity index (χ0) is 18.7. The first kappa shape index (κ1) is 24.0. The first-order valence-corrected chi connectivity index (χ1v) is 8.15. The third kappa shape index (κ3) is 5.98. The van der Waals surface area contributed by atoms with Gasteiger partial charge < -0.3 is 15.4 Å². The molecule has 1 aliphatic rings. The molecule has 28 heavy (non-hydrogen) atoms. The third-order valence-corrected chi connectivity index (χ3v) is 4.34. The molecule has 1 saturated heterocycles. The second-order valence-electron chi connectivity index (χ2n) is 6.21. The Kier molecular flexibility index (Phi) is 8.53. The van der Waals surface area contributed by atoms with Crippen molar-refractivity contribution in [3.05, 3.63) is 48.2 Å². The minimum Gasteiger partial charge on any atom is -0.439 e. The highest BCUT2D eigenvalue weighted by Gasteiger charge is 2.30. The van der Waals surface area contributed by atoms with Gasteiger partial charge >= 0.3 is 6.18 Å². The van der Waals surface area contributed by atoms with Crippen molar-refractivity contribution in [3.8, 4) is 11.6 Å². The van der Waals surface area contributed by atoms with Crippen LogP contribution in [0.5, 0.6) is 11.6 Å². The van der Waals surface area contributed by atoms with Gasteiger partial charge in [-0.3, -0.25) is 4.79 Å². The van der Waals surface area contributed by atoms with Crippen molar-refractivity contribution in [2.24, 2.45) is 11.8 Å². The molecule has 154 valence electrons. The summed E-state index contributed by atoms with van der Waals surface area (Å²) in [6, 6.07) is 7.53. The van der Waals surface area contributed by atoms with Gasteiger partial charge in [-0.2, -0.15) is 13.2 Å². The van der Waals surface area contributed by atoms with E-state index in [1.54, 1.807) is 12.1 Å². The Labute approximate surface area is 172 Å². The maximum atomic E-state index is 12.5. The van der Waals surface area contributed by atoms with Crippen LogP contribution in [0.2, 0.25) is 0 Å². The second-order valence-corrected chi connectivity index (χ2v) is 6.21. The molecule has 1 atom stereocenters. The number of amides is 1. The van der Waals surface area contributed by atoms with Crippen molar-refractivity contribution in [1.82, 2.24) is 10.3 Å². The summed E-state index contributed by atoms with van der Waals surface area (Å²) < 4.78 is 43.0. The summed E-state index contributed by atoms with van der Waals surface area (Å²) in [4.78, 5) is 16.2. The number of carbonyl (C=O) groups excluding carboxylic acids is 1. The lowest BCUT2D eigenvalue weighted by Crippen LogP contribution is -2.48. The Bertz CT molecular complexity index is 767. The maximum Gasteiger partial charge on any atom is 0.416 e. The van der Waals surface area contributed by atoms with Gasteiger partial charge in [0.2, 0.25) is 11.8 Å². The smallest absolute Gasteiger partial charge is 0.416 e. The van der Waals surface area contributed by atoms with Gasteiger partial charge in [-0.1, -0.05) is 6.92 Å². The number of hydrogen-bond acceptors (Lipinski definition) is 4. The standard InChI is InChI=1S/C18H18F3N3O2.2ClH/c1-11(12-8-22-9-12)17(25)24-14-4-7-16(23-10-14)26-15-5-2-13(3-6-15)18(19,20)21;;/h2-7,10-12,22H,8-9H2,1H3,(H,24,25);2*1H. The molecule has 2 N–H and O–H groups in total. The van der Waals surface area contributed by atoms with Crippen molar-refractivity contribution < 1.29 is 22.7 Å². The number of carbonyl (C=O) groups is 1. The monoisotopic (exact) mass is 437 g/mol. The van der Waals surface area contributed by atoms with Gasteiger partial charge in [0.05, 0.1) is 17.4 Å². The molecule has 0 radical (unpaired) electrons. The van der Waals surface area contributed by atoms with Crippen LogP contribution in [-0.2, 0) is 11.0 Å². The maximum absolute atomic E-state index is 12.5. The van der Waals surface area contributed by atoms with E-state index >= 15 is 0 Å². The summed E-state index contributed by atoms with van der Waals surface area (Å²) >= 11 is 0. The van der Waals surface area contributed by atoms with Crippen LogP contribution in [0.3, 0.4) is 0 Å². The normalized spacial score (nSPS) is 14.7. The van der Waals surface area contributed by atoms with Gasteiger partial charge in [-0.05, 0) is 49.3 Å². The van der Waals surface area contributed by atoms with E-state index in [-0.39, 0.29) is 48.3 Å². The van der Waals surface area contributed by atoms with E-state index in [9.17, 15) is 18.0 Å². The molecule has 0 aliphatic carbocycles. The van der Waals surface area contributed by atoms with Crippen molar-refractivity contribution in [3.63, 3.8) is 0 Å². The van der Waals surface area contributed by atoms with E-state index in [2.05, 4.69) is 15.6 Å². The summed E-state index contributed by atoms with van der Waals surface area (Å²) in [5.74, 6) is 0.631. The number of anilines is 1. The molecule has 1 unspecified atom stereocenters. The van der Waals surface area contributed by atoms with Crippen molar-refractivity contribution in [2.75, 3.05) is 18.4 Å². The molecule has 1 aromatic carbocycles. The van der Waals surface area contributed by atoms with Crippen molar-refractivity contribution >= 4 is 36.4 Å². The van der Waals surface area contributed by atoms with E-state index in [0.717, 1.165) is 25.2 Å². The fraction of sp³-hybridized carbons (Fsp3) is 0.333. The number of halogens is 5. The minimum atomic E-state index is -4.39. The van der Waals surface area contributed by atoms with E-state index in [1.165, 1.54) is 18.3 Å². The Morgan fingerprint density at radius 3 is 2.29 bits per heavy atom. The number of alkyl halides is 3. The van der Waals surface area contributed by atoms with Crippen LogP contribution in [0, 0.1) is 11.8 Å². The summed E-state index contributed by atoms with van der Waals surface area (Å²) in [6.45, 7) is 3.57. The number of benzene rings is 1. The molecule has 2 aromatic rings. The molecule has 1 amide bonds.